The number of carbonyl (C=O) groups is 1. The van der Waals surface area contributed by atoms with Gasteiger partial charge >= 0.3 is 6.18 Å². The highest BCUT2D eigenvalue weighted by molar-refractivity contribution is 6.18. The van der Waals surface area contributed by atoms with Crippen LogP contribution in [0.2, 0.25) is 0 Å². The van der Waals surface area contributed by atoms with Crippen LogP contribution < -0.4 is 5.32 Å². The lowest BCUT2D eigenvalue weighted by Crippen LogP contribution is -2.44. The van der Waals surface area contributed by atoms with E-state index in [1.165, 1.54) is 7.11 Å². The monoisotopic (exact) mass is 301 g/mol. The van der Waals surface area contributed by atoms with Crippen LogP contribution in [0.4, 0.5) is 13.2 Å². The Balaban J connectivity index is 2.52. The van der Waals surface area contributed by atoms with Crippen molar-refractivity contribution < 1.29 is 22.7 Å². The molecule has 3 atom stereocenters. The molecule has 1 fully saturated rings. The number of hydrogen-bond acceptors (Lipinski definition) is 2. The molecule has 0 aromatic carbocycles. The molecule has 1 saturated carbocycles. The van der Waals surface area contributed by atoms with Crippen molar-refractivity contribution in [3.05, 3.63) is 0 Å². The van der Waals surface area contributed by atoms with Crippen LogP contribution in [0.25, 0.3) is 0 Å². The fraction of sp³-hybridized carbons (Fsp3) is 0.917. The Kier molecular flexibility index (Phi) is 6.39. The van der Waals surface area contributed by atoms with E-state index in [4.69, 9.17) is 16.3 Å². The maximum absolute atomic E-state index is 12.7. The molecule has 0 radical (unpaired) electrons. The summed E-state index contributed by atoms with van der Waals surface area (Å²) in [5, 5.41) is 2.65. The molecule has 7 heteroatoms. The second-order valence-electron chi connectivity index (χ2n) is 4.92. The number of carbonyl (C=O) groups excluding carboxylic acids is 1. The molecule has 1 rings (SSSR count). The predicted molar refractivity (Wildman–Crippen MR) is 66.0 cm³/mol. The molecule has 0 heterocycles. The lowest BCUT2D eigenvalue weighted by Gasteiger charge is -2.30. The Bertz CT molecular complexity index is 299. The van der Waals surface area contributed by atoms with Crippen LogP contribution in [0.1, 0.15) is 25.7 Å². The molecule has 0 aliphatic heterocycles. The summed E-state index contributed by atoms with van der Waals surface area (Å²) in [4.78, 5) is 11.9. The molecule has 1 amide bonds. The van der Waals surface area contributed by atoms with Crippen molar-refractivity contribution in [2.24, 2.45) is 11.8 Å². The molecule has 0 aromatic heterocycles. The molecule has 0 spiro atoms. The first-order chi connectivity index (χ1) is 8.88. The minimum Gasteiger partial charge on any atom is -0.383 e. The van der Waals surface area contributed by atoms with Crippen LogP contribution in [-0.2, 0) is 9.53 Å². The van der Waals surface area contributed by atoms with Crippen LogP contribution in [0.15, 0.2) is 0 Å². The molecule has 112 valence electrons. The highest BCUT2D eigenvalue weighted by Crippen LogP contribution is 2.39. The van der Waals surface area contributed by atoms with Crippen LogP contribution in [0.3, 0.4) is 0 Å². The number of alkyl halides is 4. The first kappa shape index (κ1) is 16.6. The number of amides is 1. The molecule has 19 heavy (non-hydrogen) atoms. The molecule has 0 saturated heterocycles. The SMILES string of the molecule is COCC(CCl)NC(=O)C1CCCC(C(F)(F)F)C1. The zero-order chi connectivity index (χ0) is 14.5. The molecule has 0 bridgehead atoms. The van der Waals surface area contributed by atoms with E-state index in [0.717, 1.165) is 0 Å². The van der Waals surface area contributed by atoms with E-state index in [-0.39, 0.29) is 37.3 Å². The summed E-state index contributed by atoms with van der Waals surface area (Å²) in [7, 11) is 1.48. The Morgan fingerprint density at radius 2 is 2.16 bits per heavy atom. The van der Waals surface area contributed by atoms with Gasteiger partial charge in [0.05, 0.1) is 18.6 Å². The second kappa shape index (κ2) is 7.33. The van der Waals surface area contributed by atoms with Gasteiger partial charge in [-0.2, -0.15) is 13.2 Å². The third-order valence-corrected chi connectivity index (χ3v) is 3.78. The van der Waals surface area contributed by atoms with E-state index >= 15 is 0 Å². The summed E-state index contributed by atoms with van der Waals surface area (Å²) < 4.78 is 42.8. The molecule has 3 unspecified atom stereocenters. The Hall–Kier alpha value is -0.490. The smallest absolute Gasteiger partial charge is 0.383 e. The highest BCUT2D eigenvalue weighted by atomic mass is 35.5. The zero-order valence-corrected chi connectivity index (χ0v) is 11.6. The van der Waals surface area contributed by atoms with E-state index < -0.39 is 18.0 Å². The first-order valence-corrected chi connectivity index (χ1v) is 6.84. The minimum atomic E-state index is -4.21. The van der Waals surface area contributed by atoms with E-state index in [2.05, 4.69) is 5.32 Å². The van der Waals surface area contributed by atoms with Crippen molar-refractivity contribution in [3.63, 3.8) is 0 Å². The quantitative estimate of drug-likeness (QED) is 0.793. The zero-order valence-electron chi connectivity index (χ0n) is 10.8. The van der Waals surface area contributed by atoms with Gasteiger partial charge in [0.1, 0.15) is 0 Å². The Morgan fingerprint density at radius 1 is 1.47 bits per heavy atom. The van der Waals surface area contributed by atoms with Crippen molar-refractivity contribution in [2.45, 2.75) is 37.9 Å². The maximum Gasteiger partial charge on any atom is 0.391 e. The maximum atomic E-state index is 12.7. The van der Waals surface area contributed by atoms with Crippen molar-refractivity contribution >= 4 is 17.5 Å². The Morgan fingerprint density at radius 3 is 2.68 bits per heavy atom. The minimum absolute atomic E-state index is 0.115. The molecule has 1 aliphatic rings. The number of nitrogens with one attached hydrogen (secondary N) is 1. The van der Waals surface area contributed by atoms with E-state index in [1.807, 2.05) is 0 Å². The summed E-state index contributed by atoms with van der Waals surface area (Å²) >= 11 is 5.66. The fourth-order valence-corrected chi connectivity index (χ4v) is 2.54. The average Bonchev–Trinajstić information content (AvgIpc) is 2.37. The van der Waals surface area contributed by atoms with Crippen LogP contribution in [0.5, 0.6) is 0 Å². The highest BCUT2D eigenvalue weighted by Gasteiger charge is 2.43. The van der Waals surface area contributed by atoms with Gasteiger partial charge in [-0.3, -0.25) is 4.79 Å². The van der Waals surface area contributed by atoms with Crippen molar-refractivity contribution in [1.82, 2.24) is 5.32 Å². The van der Waals surface area contributed by atoms with E-state index in [9.17, 15) is 18.0 Å². The average molecular weight is 302 g/mol. The van der Waals surface area contributed by atoms with Crippen LogP contribution in [-0.4, -0.2) is 37.7 Å². The molecule has 0 aromatic rings. The van der Waals surface area contributed by atoms with Crippen molar-refractivity contribution in [3.8, 4) is 0 Å². The molecular formula is C12H19ClF3NO2. The summed E-state index contributed by atoms with van der Waals surface area (Å²) in [6.45, 7) is 0.255. The molecular weight excluding hydrogens is 283 g/mol. The number of methoxy groups -OCH3 is 1. The van der Waals surface area contributed by atoms with Gasteiger partial charge in [-0.25, -0.2) is 0 Å². The lowest BCUT2D eigenvalue weighted by molar-refractivity contribution is -0.186. The van der Waals surface area contributed by atoms with Crippen molar-refractivity contribution in [2.75, 3.05) is 19.6 Å². The largest absolute Gasteiger partial charge is 0.391 e. The van der Waals surface area contributed by atoms with Crippen LogP contribution >= 0.6 is 11.6 Å². The fourth-order valence-electron chi connectivity index (χ4n) is 2.37. The number of ether oxygens (including phenoxy) is 1. The normalized spacial score (nSPS) is 25.9. The second-order valence-corrected chi connectivity index (χ2v) is 5.23. The van der Waals surface area contributed by atoms with E-state index in [1.54, 1.807) is 0 Å². The third-order valence-electron chi connectivity index (χ3n) is 3.41. The predicted octanol–water partition coefficient (Wildman–Crippen LogP) is 2.73. The van der Waals surface area contributed by atoms with Gasteiger partial charge < -0.3 is 10.1 Å². The summed E-state index contributed by atoms with van der Waals surface area (Å²) in [5.74, 6) is -2.12. The topological polar surface area (TPSA) is 38.3 Å². The van der Waals surface area contributed by atoms with Gasteiger partial charge in [0.25, 0.3) is 0 Å². The summed E-state index contributed by atoms with van der Waals surface area (Å²) in [6.07, 6.45) is -3.29. The summed E-state index contributed by atoms with van der Waals surface area (Å²) in [6, 6.07) is -0.356. The number of halogens is 4. The standard InChI is InChI=1S/C12H19ClF3NO2/c1-19-7-10(6-13)17-11(18)8-3-2-4-9(5-8)12(14,15)16/h8-10H,2-7H2,1H3,(H,17,18). The Labute approximate surface area is 115 Å². The number of rotatable bonds is 5. The number of hydrogen-bond donors (Lipinski definition) is 1. The van der Waals surface area contributed by atoms with Gasteiger partial charge in [-0.1, -0.05) is 6.42 Å². The van der Waals surface area contributed by atoms with Gasteiger partial charge in [0, 0.05) is 18.9 Å². The molecule has 3 nitrogen and oxygen atoms in total. The lowest BCUT2D eigenvalue weighted by atomic mass is 9.80. The van der Waals surface area contributed by atoms with E-state index in [0.29, 0.717) is 12.8 Å². The van der Waals surface area contributed by atoms with Crippen LogP contribution in [0, 0.1) is 11.8 Å². The summed E-state index contributed by atoms with van der Waals surface area (Å²) in [5.41, 5.74) is 0. The molecule has 1 aliphatic carbocycles. The van der Waals surface area contributed by atoms with Gasteiger partial charge in [-0.05, 0) is 19.3 Å². The molecule has 1 N–H and O–H groups in total. The van der Waals surface area contributed by atoms with Gasteiger partial charge in [-0.15, -0.1) is 11.6 Å². The third kappa shape index (κ3) is 5.18. The van der Waals surface area contributed by atoms with Gasteiger partial charge in [0.2, 0.25) is 5.91 Å². The first-order valence-electron chi connectivity index (χ1n) is 6.30. The van der Waals surface area contributed by atoms with Crippen molar-refractivity contribution in [1.29, 1.82) is 0 Å². The van der Waals surface area contributed by atoms with Gasteiger partial charge in [0.15, 0.2) is 0 Å².